The van der Waals surface area contributed by atoms with E-state index in [1.165, 1.54) is 12.2 Å². The number of carboxylic acids is 2. The van der Waals surface area contributed by atoms with Gasteiger partial charge in [0.05, 0.1) is 5.57 Å². The number of ether oxygens (including phenoxy) is 1. The zero-order valence-electron chi connectivity index (χ0n) is 15.8. The first-order valence-electron chi connectivity index (χ1n) is 9.06. The van der Waals surface area contributed by atoms with Gasteiger partial charge in [0.25, 0.3) is 0 Å². The lowest BCUT2D eigenvalue weighted by molar-refractivity contribution is -0.142. The minimum Gasteiger partial charge on any atom is -0.480 e. The first kappa shape index (κ1) is 19.4. The Labute approximate surface area is 163 Å². The molecule has 0 saturated heterocycles. The smallest absolute Gasteiger partial charge is 0.339 e. The van der Waals surface area contributed by atoms with Crippen LogP contribution in [0.5, 0.6) is 5.75 Å². The molecule has 0 aliphatic heterocycles. The Morgan fingerprint density at radius 2 is 1.64 bits per heavy atom. The number of rotatable bonds is 6. The lowest BCUT2D eigenvalue weighted by Crippen LogP contribution is -2.38. The van der Waals surface area contributed by atoms with Crippen LogP contribution < -0.4 is 4.74 Å². The van der Waals surface area contributed by atoms with Crippen LogP contribution in [0.1, 0.15) is 37.3 Å². The molecule has 0 amide bonds. The molecular weight excluding hydrogens is 356 g/mol. The molecule has 0 aromatic heterocycles. The van der Waals surface area contributed by atoms with E-state index in [1.54, 1.807) is 36.4 Å². The maximum Gasteiger partial charge on any atom is 0.339 e. The van der Waals surface area contributed by atoms with E-state index in [0.29, 0.717) is 11.3 Å². The number of allylic oxidation sites excluding steroid dienone is 1. The molecule has 2 aromatic rings. The van der Waals surface area contributed by atoms with Crippen molar-refractivity contribution >= 4 is 11.9 Å². The van der Waals surface area contributed by atoms with Gasteiger partial charge in [-0.15, -0.1) is 0 Å². The van der Waals surface area contributed by atoms with Crippen molar-refractivity contribution in [1.82, 2.24) is 0 Å². The van der Waals surface area contributed by atoms with Crippen molar-refractivity contribution in [2.24, 2.45) is 0 Å². The Morgan fingerprint density at radius 3 is 2.25 bits per heavy atom. The third kappa shape index (κ3) is 3.56. The average Bonchev–Trinajstić information content (AvgIpc) is 2.68. The number of carbonyl (C=O) groups is 2. The standard InChI is InChI=1S/C23H22O5/c1-15(2)17-10-6-7-11-19(17)23(22(26)27)13-12-18(21(24)25)20(14-23)28-16-8-4-3-5-9-16/h3-13,15H,14H2,1-2H3,(H,24,25)(H,26,27). The fourth-order valence-electron chi connectivity index (χ4n) is 3.49. The highest BCUT2D eigenvalue weighted by Crippen LogP contribution is 2.42. The highest BCUT2D eigenvalue weighted by atomic mass is 16.5. The summed E-state index contributed by atoms with van der Waals surface area (Å²) in [5.74, 6) is -1.50. The molecule has 0 radical (unpaired) electrons. The van der Waals surface area contributed by atoms with Crippen LogP contribution in [0, 0.1) is 0 Å². The van der Waals surface area contributed by atoms with Crippen LogP contribution >= 0.6 is 0 Å². The number of para-hydroxylation sites is 1. The van der Waals surface area contributed by atoms with Crippen LogP contribution in [0.15, 0.2) is 78.1 Å². The van der Waals surface area contributed by atoms with Crippen LogP contribution in [0.4, 0.5) is 0 Å². The Balaban J connectivity index is 2.13. The third-order valence-corrected chi connectivity index (χ3v) is 4.93. The van der Waals surface area contributed by atoms with Gasteiger partial charge in [-0.2, -0.15) is 0 Å². The van der Waals surface area contributed by atoms with Crippen LogP contribution in [0.25, 0.3) is 0 Å². The van der Waals surface area contributed by atoms with Gasteiger partial charge < -0.3 is 14.9 Å². The highest BCUT2D eigenvalue weighted by Gasteiger charge is 2.44. The molecule has 0 bridgehead atoms. The molecule has 2 aromatic carbocycles. The third-order valence-electron chi connectivity index (χ3n) is 4.93. The summed E-state index contributed by atoms with van der Waals surface area (Å²) in [6.07, 6.45) is 2.73. The molecule has 1 atom stereocenters. The maximum atomic E-state index is 12.4. The summed E-state index contributed by atoms with van der Waals surface area (Å²) in [6.45, 7) is 4.00. The first-order chi connectivity index (χ1) is 13.3. The van der Waals surface area contributed by atoms with Crippen molar-refractivity contribution in [3.63, 3.8) is 0 Å². The van der Waals surface area contributed by atoms with Crippen molar-refractivity contribution in [3.8, 4) is 5.75 Å². The van der Waals surface area contributed by atoms with E-state index in [4.69, 9.17) is 4.74 Å². The molecule has 28 heavy (non-hydrogen) atoms. The maximum absolute atomic E-state index is 12.4. The van der Waals surface area contributed by atoms with Crippen molar-refractivity contribution in [1.29, 1.82) is 0 Å². The zero-order valence-corrected chi connectivity index (χ0v) is 15.8. The topological polar surface area (TPSA) is 83.8 Å². The SMILES string of the molecule is CC(C)c1ccccc1C1(C(=O)O)C=CC(C(=O)O)=C(Oc2ccccc2)C1. The van der Waals surface area contributed by atoms with E-state index in [-0.39, 0.29) is 23.7 Å². The summed E-state index contributed by atoms with van der Waals surface area (Å²) >= 11 is 0. The molecule has 0 saturated carbocycles. The molecule has 0 fully saturated rings. The number of aliphatic carboxylic acids is 2. The van der Waals surface area contributed by atoms with Gasteiger partial charge >= 0.3 is 11.9 Å². The average molecular weight is 378 g/mol. The molecule has 0 heterocycles. The molecular formula is C23H22O5. The second kappa shape index (κ2) is 7.72. The normalized spacial score (nSPS) is 19.0. The molecule has 1 aliphatic carbocycles. The second-order valence-corrected chi connectivity index (χ2v) is 7.09. The Hall–Kier alpha value is -3.34. The molecule has 5 heteroatoms. The van der Waals surface area contributed by atoms with Crippen LogP contribution in [-0.4, -0.2) is 22.2 Å². The summed E-state index contributed by atoms with van der Waals surface area (Å²) in [5, 5.41) is 19.8. The number of hydrogen-bond acceptors (Lipinski definition) is 3. The van der Waals surface area contributed by atoms with Gasteiger partial charge in [0.1, 0.15) is 16.9 Å². The monoisotopic (exact) mass is 378 g/mol. The predicted molar refractivity (Wildman–Crippen MR) is 105 cm³/mol. The minimum absolute atomic E-state index is 0.0391. The van der Waals surface area contributed by atoms with Gasteiger partial charge in [0.2, 0.25) is 0 Å². The second-order valence-electron chi connectivity index (χ2n) is 7.09. The van der Waals surface area contributed by atoms with Gasteiger partial charge in [-0.1, -0.05) is 62.4 Å². The van der Waals surface area contributed by atoms with Crippen LogP contribution in [0.3, 0.4) is 0 Å². The first-order valence-corrected chi connectivity index (χ1v) is 9.06. The van der Waals surface area contributed by atoms with E-state index < -0.39 is 17.4 Å². The van der Waals surface area contributed by atoms with Crippen molar-refractivity contribution < 1.29 is 24.5 Å². The number of carboxylic acid groups (broad SMARTS) is 2. The van der Waals surface area contributed by atoms with Crippen molar-refractivity contribution in [2.45, 2.75) is 31.6 Å². The molecule has 2 N–H and O–H groups in total. The van der Waals surface area contributed by atoms with E-state index >= 15 is 0 Å². The lowest BCUT2D eigenvalue weighted by atomic mass is 9.70. The lowest BCUT2D eigenvalue weighted by Gasteiger charge is -2.33. The quantitative estimate of drug-likeness (QED) is 0.773. The van der Waals surface area contributed by atoms with E-state index in [1.807, 2.05) is 32.0 Å². The molecule has 144 valence electrons. The van der Waals surface area contributed by atoms with Crippen LogP contribution in [-0.2, 0) is 15.0 Å². The summed E-state index contributed by atoms with van der Waals surface area (Å²) in [6, 6.07) is 16.1. The summed E-state index contributed by atoms with van der Waals surface area (Å²) in [4.78, 5) is 24.2. The Bertz CT molecular complexity index is 956. The molecule has 0 spiro atoms. The Kier molecular flexibility index (Phi) is 5.36. The predicted octanol–water partition coefficient (Wildman–Crippen LogP) is 4.51. The van der Waals surface area contributed by atoms with E-state index in [9.17, 15) is 19.8 Å². The van der Waals surface area contributed by atoms with E-state index in [2.05, 4.69) is 0 Å². The van der Waals surface area contributed by atoms with Gasteiger partial charge in [0.15, 0.2) is 0 Å². The van der Waals surface area contributed by atoms with Gasteiger partial charge in [-0.05, 0) is 35.3 Å². The van der Waals surface area contributed by atoms with E-state index in [0.717, 1.165) is 5.56 Å². The van der Waals surface area contributed by atoms with Gasteiger partial charge in [0, 0.05) is 6.42 Å². The van der Waals surface area contributed by atoms with Crippen LogP contribution in [0.2, 0.25) is 0 Å². The summed E-state index contributed by atoms with van der Waals surface area (Å²) in [7, 11) is 0. The number of hydrogen-bond donors (Lipinski definition) is 2. The summed E-state index contributed by atoms with van der Waals surface area (Å²) in [5.41, 5.74) is 0.117. The minimum atomic E-state index is -1.40. The summed E-state index contributed by atoms with van der Waals surface area (Å²) < 4.78 is 5.84. The Morgan fingerprint density at radius 1 is 1.00 bits per heavy atom. The highest BCUT2D eigenvalue weighted by molar-refractivity contribution is 5.94. The molecule has 5 nitrogen and oxygen atoms in total. The van der Waals surface area contributed by atoms with Crippen molar-refractivity contribution in [2.75, 3.05) is 0 Å². The zero-order chi connectivity index (χ0) is 20.3. The molecule has 1 unspecified atom stereocenters. The molecule has 1 aliphatic rings. The fourth-order valence-corrected chi connectivity index (χ4v) is 3.49. The number of benzene rings is 2. The molecule has 3 rings (SSSR count). The van der Waals surface area contributed by atoms with Gasteiger partial charge in [-0.25, -0.2) is 4.79 Å². The van der Waals surface area contributed by atoms with Gasteiger partial charge in [-0.3, -0.25) is 4.79 Å². The fraction of sp³-hybridized carbons (Fsp3) is 0.217. The van der Waals surface area contributed by atoms with Crippen molar-refractivity contribution in [3.05, 3.63) is 89.2 Å². The largest absolute Gasteiger partial charge is 0.480 e.